The first-order valence-electron chi connectivity index (χ1n) is 3.69. The standard InChI is InChI=1S/C8H11NO3S/c1-13(11,12)9-8-4-2-7(6-10)3-5-8/h2-5,9-10H,6H2,1H3. The highest BCUT2D eigenvalue weighted by molar-refractivity contribution is 7.92. The van der Waals surface area contributed by atoms with Crippen LogP contribution in [0.5, 0.6) is 0 Å². The summed E-state index contributed by atoms with van der Waals surface area (Å²) in [6.45, 7) is -0.0425. The van der Waals surface area contributed by atoms with E-state index < -0.39 is 10.0 Å². The lowest BCUT2D eigenvalue weighted by Crippen LogP contribution is -2.09. The zero-order chi connectivity index (χ0) is 9.90. The molecule has 0 aliphatic rings. The van der Waals surface area contributed by atoms with E-state index in [1.54, 1.807) is 24.3 Å². The largest absolute Gasteiger partial charge is 0.392 e. The summed E-state index contributed by atoms with van der Waals surface area (Å²) in [4.78, 5) is 0. The summed E-state index contributed by atoms with van der Waals surface area (Å²) in [6, 6.07) is 6.53. The van der Waals surface area contributed by atoms with Gasteiger partial charge < -0.3 is 5.11 Å². The van der Waals surface area contributed by atoms with Gasteiger partial charge in [0.25, 0.3) is 0 Å². The zero-order valence-electron chi connectivity index (χ0n) is 7.19. The maximum absolute atomic E-state index is 10.8. The lowest BCUT2D eigenvalue weighted by Gasteiger charge is -2.03. The van der Waals surface area contributed by atoms with E-state index in [1.807, 2.05) is 0 Å². The van der Waals surface area contributed by atoms with Crippen LogP contribution >= 0.6 is 0 Å². The average molecular weight is 201 g/mol. The lowest BCUT2D eigenvalue weighted by atomic mass is 10.2. The Morgan fingerprint density at radius 1 is 1.31 bits per heavy atom. The first kappa shape index (κ1) is 10.0. The molecule has 0 amide bonds. The highest BCUT2D eigenvalue weighted by Crippen LogP contribution is 2.10. The molecule has 0 saturated carbocycles. The second-order valence-corrected chi connectivity index (χ2v) is 4.48. The van der Waals surface area contributed by atoms with E-state index in [-0.39, 0.29) is 6.61 Å². The number of aliphatic hydroxyl groups is 1. The van der Waals surface area contributed by atoms with Crippen molar-refractivity contribution in [2.24, 2.45) is 0 Å². The third kappa shape index (κ3) is 3.43. The Morgan fingerprint density at radius 2 is 1.85 bits per heavy atom. The van der Waals surface area contributed by atoms with Crippen LogP contribution in [0.4, 0.5) is 5.69 Å². The molecule has 13 heavy (non-hydrogen) atoms. The van der Waals surface area contributed by atoms with Gasteiger partial charge in [-0.25, -0.2) is 8.42 Å². The number of aliphatic hydroxyl groups excluding tert-OH is 1. The van der Waals surface area contributed by atoms with Crippen molar-refractivity contribution in [3.05, 3.63) is 29.8 Å². The molecule has 0 fully saturated rings. The molecule has 0 spiro atoms. The zero-order valence-corrected chi connectivity index (χ0v) is 8.00. The quantitative estimate of drug-likeness (QED) is 0.750. The number of sulfonamides is 1. The van der Waals surface area contributed by atoms with Crippen LogP contribution in [0.2, 0.25) is 0 Å². The smallest absolute Gasteiger partial charge is 0.229 e. The molecule has 0 unspecified atom stereocenters. The molecule has 0 heterocycles. The van der Waals surface area contributed by atoms with Gasteiger partial charge in [-0.1, -0.05) is 12.1 Å². The maximum Gasteiger partial charge on any atom is 0.229 e. The molecule has 0 radical (unpaired) electrons. The Hall–Kier alpha value is -1.07. The molecule has 0 aliphatic carbocycles. The van der Waals surface area contributed by atoms with Crippen LogP contribution < -0.4 is 4.72 Å². The van der Waals surface area contributed by atoms with Gasteiger partial charge in [0, 0.05) is 5.69 Å². The van der Waals surface area contributed by atoms with Crippen LogP contribution in [-0.4, -0.2) is 19.8 Å². The van der Waals surface area contributed by atoms with Gasteiger partial charge in [0.05, 0.1) is 12.9 Å². The molecule has 1 aromatic rings. The molecular weight excluding hydrogens is 190 g/mol. The first-order valence-corrected chi connectivity index (χ1v) is 5.58. The molecule has 5 heteroatoms. The topological polar surface area (TPSA) is 66.4 Å². The van der Waals surface area contributed by atoms with Gasteiger partial charge in [-0.15, -0.1) is 0 Å². The number of benzene rings is 1. The van der Waals surface area contributed by atoms with Crippen molar-refractivity contribution in [3.8, 4) is 0 Å². The molecule has 4 nitrogen and oxygen atoms in total. The lowest BCUT2D eigenvalue weighted by molar-refractivity contribution is 0.282. The Kier molecular flexibility index (Phi) is 2.90. The molecule has 0 atom stereocenters. The van der Waals surface area contributed by atoms with Gasteiger partial charge in [0.15, 0.2) is 0 Å². The molecule has 0 saturated heterocycles. The van der Waals surface area contributed by atoms with Gasteiger partial charge in [-0.2, -0.15) is 0 Å². The Labute approximate surface area is 77.3 Å². The summed E-state index contributed by atoms with van der Waals surface area (Å²) in [7, 11) is -3.21. The SMILES string of the molecule is CS(=O)(=O)Nc1ccc(CO)cc1. The van der Waals surface area contributed by atoms with Crippen LogP contribution in [0.1, 0.15) is 5.56 Å². The summed E-state index contributed by atoms with van der Waals surface area (Å²) in [5, 5.41) is 8.72. The monoisotopic (exact) mass is 201 g/mol. The third-order valence-electron chi connectivity index (χ3n) is 1.44. The van der Waals surface area contributed by atoms with Crippen LogP contribution in [0.25, 0.3) is 0 Å². The fraction of sp³-hybridized carbons (Fsp3) is 0.250. The second kappa shape index (κ2) is 3.76. The molecular formula is C8H11NO3S. The number of hydrogen-bond donors (Lipinski definition) is 2. The third-order valence-corrected chi connectivity index (χ3v) is 2.05. The summed E-state index contributed by atoms with van der Waals surface area (Å²) in [6.07, 6.45) is 1.09. The predicted octanol–water partition coefficient (Wildman–Crippen LogP) is 0.550. The van der Waals surface area contributed by atoms with Crippen molar-refractivity contribution in [3.63, 3.8) is 0 Å². The van der Waals surface area contributed by atoms with Crippen molar-refractivity contribution in [2.45, 2.75) is 6.61 Å². The molecule has 2 N–H and O–H groups in total. The fourth-order valence-corrected chi connectivity index (χ4v) is 1.46. The fourth-order valence-electron chi connectivity index (χ4n) is 0.892. The van der Waals surface area contributed by atoms with E-state index in [0.29, 0.717) is 5.69 Å². The molecule has 0 bridgehead atoms. The van der Waals surface area contributed by atoms with Gasteiger partial charge in [0.1, 0.15) is 0 Å². The number of nitrogens with one attached hydrogen (secondary N) is 1. The second-order valence-electron chi connectivity index (χ2n) is 2.73. The summed E-state index contributed by atoms with van der Waals surface area (Å²) < 4.78 is 23.9. The molecule has 72 valence electrons. The van der Waals surface area contributed by atoms with Crippen molar-refractivity contribution in [2.75, 3.05) is 11.0 Å². The van der Waals surface area contributed by atoms with Crippen molar-refractivity contribution < 1.29 is 13.5 Å². The minimum Gasteiger partial charge on any atom is -0.392 e. The van der Waals surface area contributed by atoms with Crippen LogP contribution in [0.15, 0.2) is 24.3 Å². The van der Waals surface area contributed by atoms with E-state index in [0.717, 1.165) is 11.8 Å². The van der Waals surface area contributed by atoms with E-state index in [1.165, 1.54) is 0 Å². The Balaban J connectivity index is 2.81. The van der Waals surface area contributed by atoms with Crippen molar-refractivity contribution in [1.29, 1.82) is 0 Å². The Morgan fingerprint density at radius 3 is 2.23 bits per heavy atom. The van der Waals surface area contributed by atoms with E-state index >= 15 is 0 Å². The molecule has 0 aromatic heterocycles. The summed E-state index contributed by atoms with van der Waals surface area (Å²) in [5.74, 6) is 0. The van der Waals surface area contributed by atoms with Crippen molar-refractivity contribution >= 4 is 15.7 Å². The van der Waals surface area contributed by atoms with Gasteiger partial charge in [-0.05, 0) is 17.7 Å². The minimum absolute atomic E-state index is 0.0425. The number of anilines is 1. The van der Waals surface area contributed by atoms with E-state index in [9.17, 15) is 8.42 Å². The molecule has 1 rings (SSSR count). The van der Waals surface area contributed by atoms with Crippen molar-refractivity contribution in [1.82, 2.24) is 0 Å². The van der Waals surface area contributed by atoms with Crippen LogP contribution in [-0.2, 0) is 16.6 Å². The van der Waals surface area contributed by atoms with Crippen LogP contribution in [0.3, 0.4) is 0 Å². The molecule has 0 aliphatic heterocycles. The molecule has 1 aromatic carbocycles. The Bertz CT molecular complexity index is 369. The van der Waals surface area contributed by atoms with Gasteiger partial charge in [0.2, 0.25) is 10.0 Å². The summed E-state index contributed by atoms with van der Waals surface area (Å²) in [5.41, 5.74) is 1.25. The highest BCUT2D eigenvalue weighted by atomic mass is 32.2. The predicted molar refractivity (Wildman–Crippen MR) is 50.8 cm³/mol. The minimum atomic E-state index is -3.21. The maximum atomic E-state index is 10.8. The number of hydrogen-bond acceptors (Lipinski definition) is 3. The van der Waals surface area contributed by atoms with E-state index in [2.05, 4.69) is 4.72 Å². The summed E-state index contributed by atoms with van der Waals surface area (Å²) >= 11 is 0. The highest BCUT2D eigenvalue weighted by Gasteiger charge is 2.00. The first-order chi connectivity index (χ1) is 6.01. The van der Waals surface area contributed by atoms with Gasteiger partial charge >= 0.3 is 0 Å². The number of rotatable bonds is 3. The van der Waals surface area contributed by atoms with E-state index in [4.69, 9.17) is 5.11 Å². The normalized spacial score (nSPS) is 11.2. The average Bonchev–Trinajstić information content (AvgIpc) is 2.03. The van der Waals surface area contributed by atoms with Gasteiger partial charge in [-0.3, -0.25) is 4.72 Å². The van der Waals surface area contributed by atoms with Crippen LogP contribution in [0, 0.1) is 0 Å².